The van der Waals surface area contributed by atoms with Gasteiger partial charge in [0.2, 0.25) is 0 Å². The fraction of sp³-hybridized carbons (Fsp3) is 0.636. The highest BCUT2D eigenvalue weighted by atomic mass is 16.5. The second-order valence-electron chi connectivity index (χ2n) is 7.43. The van der Waals surface area contributed by atoms with Crippen LogP contribution >= 0.6 is 0 Å². The third-order valence-corrected chi connectivity index (χ3v) is 5.08. The Bertz CT molecular complexity index is 695. The number of carbonyl (C=O) groups is 2. The zero-order valence-corrected chi connectivity index (χ0v) is 17.6. The van der Waals surface area contributed by atoms with Crippen LogP contribution in [0.4, 0.5) is 0 Å². The van der Waals surface area contributed by atoms with Crippen LogP contribution in [0.1, 0.15) is 69.8 Å². The first-order valence-corrected chi connectivity index (χ1v) is 10.3. The zero-order valence-electron chi connectivity index (χ0n) is 17.6. The molecule has 8 nitrogen and oxygen atoms in total. The first-order valence-electron chi connectivity index (χ1n) is 10.3. The van der Waals surface area contributed by atoms with Crippen molar-refractivity contribution in [1.29, 1.82) is 0 Å². The number of ether oxygens (including phenoxy) is 1. The van der Waals surface area contributed by atoms with Crippen LogP contribution in [0.15, 0.2) is 16.5 Å². The molecular formula is C22H33NO7. The minimum Gasteiger partial charge on any atom is -0.473 e. The molecule has 0 bridgehead atoms. The molecule has 1 aromatic heterocycles. The third kappa shape index (κ3) is 10.4. The van der Waals surface area contributed by atoms with Gasteiger partial charge in [-0.25, -0.2) is 9.59 Å². The summed E-state index contributed by atoms with van der Waals surface area (Å²) in [7, 11) is 0. The summed E-state index contributed by atoms with van der Waals surface area (Å²) in [4.78, 5) is 18.2. The van der Waals surface area contributed by atoms with Crippen molar-refractivity contribution in [3.05, 3.63) is 23.7 Å². The molecular weight excluding hydrogens is 390 g/mol. The SMILES string of the molecule is CC[C@](N)(CO)CCc1ccc(C#CCCOC2CCCCC2)o1.O=C(O)C(=O)O. The van der Waals surface area contributed by atoms with Gasteiger partial charge in [-0.3, -0.25) is 0 Å². The Morgan fingerprint density at radius 2 is 1.90 bits per heavy atom. The summed E-state index contributed by atoms with van der Waals surface area (Å²) in [6.45, 7) is 2.69. The second kappa shape index (κ2) is 13.8. The van der Waals surface area contributed by atoms with Crippen molar-refractivity contribution in [1.82, 2.24) is 0 Å². The maximum absolute atomic E-state index is 9.34. The van der Waals surface area contributed by atoms with Crippen molar-refractivity contribution in [2.24, 2.45) is 5.73 Å². The molecule has 1 aliphatic rings. The molecule has 5 N–H and O–H groups in total. The van der Waals surface area contributed by atoms with Crippen LogP contribution in [0.2, 0.25) is 0 Å². The maximum atomic E-state index is 9.34. The number of aliphatic hydroxyl groups is 1. The maximum Gasteiger partial charge on any atom is 0.414 e. The van der Waals surface area contributed by atoms with E-state index in [1.807, 2.05) is 19.1 Å². The number of furan rings is 1. The fourth-order valence-electron chi connectivity index (χ4n) is 2.98. The van der Waals surface area contributed by atoms with Crippen LogP contribution in [-0.4, -0.2) is 52.1 Å². The highest BCUT2D eigenvalue weighted by Crippen LogP contribution is 2.20. The number of aliphatic hydroxyl groups excluding tert-OH is 1. The Morgan fingerprint density at radius 3 is 2.47 bits per heavy atom. The van der Waals surface area contributed by atoms with Crippen molar-refractivity contribution in [2.45, 2.75) is 76.4 Å². The topological polar surface area (TPSA) is 143 Å². The number of carboxylic acid groups (broad SMARTS) is 2. The highest BCUT2D eigenvalue weighted by Gasteiger charge is 2.21. The van der Waals surface area contributed by atoms with Gasteiger partial charge in [0, 0.05) is 18.4 Å². The van der Waals surface area contributed by atoms with Crippen LogP contribution in [0.5, 0.6) is 0 Å². The van der Waals surface area contributed by atoms with Crippen LogP contribution in [0, 0.1) is 11.8 Å². The van der Waals surface area contributed by atoms with E-state index in [1.54, 1.807) is 0 Å². The quantitative estimate of drug-likeness (QED) is 0.284. The van der Waals surface area contributed by atoms with Gasteiger partial charge in [0.15, 0.2) is 5.76 Å². The molecule has 0 spiro atoms. The summed E-state index contributed by atoms with van der Waals surface area (Å²) < 4.78 is 11.6. The fourth-order valence-corrected chi connectivity index (χ4v) is 2.98. The zero-order chi connectivity index (χ0) is 22.4. The van der Waals surface area contributed by atoms with E-state index in [0.717, 1.165) is 25.0 Å². The molecule has 1 saturated carbocycles. The van der Waals surface area contributed by atoms with E-state index in [1.165, 1.54) is 32.1 Å². The van der Waals surface area contributed by atoms with Gasteiger partial charge in [0.25, 0.3) is 0 Å². The third-order valence-electron chi connectivity index (χ3n) is 5.08. The molecule has 1 fully saturated rings. The molecule has 0 saturated heterocycles. The Morgan fingerprint density at radius 1 is 1.23 bits per heavy atom. The molecule has 0 aromatic carbocycles. The number of hydrogen-bond donors (Lipinski definition) is 4. The minimum absolute atomic E-state index is 0.00212. The lowest BCUT2D eigenvalue weighted by atomic mass is 9.92. The van der Waals surface area contributed by atoms with E-state index in [4.69, 9.17) is 34.7 Å². The molecule has 30 heavy (non-hydrogen) atoms. The van der Waals surface area contributed by atoms with Gasteiger partial charge in [-0.05, 0) is 43.7 Å². The molecule has 0 radical (unpaired) electrons. The van der Waals surface area contributed by atoms with Crippen LogP contribution in [0.3, 0.4) is 0 Å². The van der Waals surface area contributed by atoms with E-state index in [9.17, 15) is 5.11 Å². The normalized spacial score (nSPS) is 15.8. The van der Waals surface area contributed by atoms with Crippen molar-refractivity contribution >= 4 is 11.9 Å². The summed E-state index contributed by atoms with van der Waals surface area (Å²) in [6.07, 6.45) is 9.68. The van der Waals surface area contributed by atoms with Gasteiger partial charge in [0.1, 0.15) is 5.76 Å². The minimum atomic E-state index is -1.82. The molecule has 8 heteroatoms. The van der Waals surface area contributed by atoms with Crippen molar-refractivity contribution in [2.75, 3.05) is 13.2 Å². The van der Waals surface area contributed by atoms with Gasteiger partial charge in [-0.2, -0.15) is 0 Å². The van der Waals surface area contributed by atoms with Gasteiger partial charge in [0.05, 0.1) is 19.3 Å². The molecule has 0 aliphatic heterocycles. The number of rotatable bonds is 8. The molecule has 168 valence electrons. The van der Waals surface area contributed by atoms with E-state index < -0.39 is 17.5 Å². The highest BCUT2D eigenvalue weighted by molar-refractivity contribution is 6.27. The first-order chi connectivity index (χ1) is 14.3. The first kappa shape index (κ1) is 25.7. The predicted octanol–water partition coefficient (Wildman–Crippen LogP) is 2.56. The van der Waals surface area contributed by atoms with Crippen molar-refractivity contribution in [3.63, 3.8) is 0 Å². The van der Waals surface area contributed by atoms with Crippen molar-refractivity contribution in [3.8, 4) is 11.8 Å². The van der Waals surface area contributed by atoms with E-state index >= 15 is 0 Å². The smallest absolute Gasteiger partial charge is 0.414 e. The van der Waals surface area contributed by atoms with E-state index in [-0.39, 0.29) is 6.61 Å². The lowest BCUT2D eigenvalue weighted by Gasteiger charge is -2.24. The summed E-state index contributed by atoms with van der Waals surface area (Å²) in [6, 6.07) is 3.84. The standard InChI is InChI=1S/C20H31NO3.C2H2O4/c1-2-20(21,16-22)14-13-19-12-11-18(24-19)10-6-7-15-23-17-8-4-3-5-9-17;3-1(4)2(5)6/h11-12,17,22H,2-5,7-9,13-16,21H2,1H3;(H,3,4)(H,5,6)/t20-;/m1./s1. The molecule has 1 atom stereocenters. The van der Waals surface area contributed by atoms with Crippen LogP contribution < -0.4 is 5.73 Å². The Balaban J connectivity index is 0.000000656. The number of carboxylic acids is 2. The molecule has 0 unspecified atom stereocenters. The molecule has 0 amide bonds. The van der Waals surface area contributed by atoms with Crippen LogP contribution in [0.25, 0.3) is 0 Å². The summed E-state index contributed by atoms with van der Waals surface area (Å²) in [5, 5.41) is 24.1. The van der Waals surface area contributed by atoms with Gasteiger partial charge in [-0.1, -0.05) is 32.1 Å². The van der Waals surface area contributed by atoms with Gasteiger partial charge < -0.3 is 30.2 Å². The average Bonchev–Trinajstić information content (AvgIpc) is 3.21. The molecule has 2 rings (SSSR count). The van der Waals surface area contributed by atoms with Crippen LogP contribution in [-0.2, 0) is 20.7 Å². The lowest BCUT2D eigenvalue weighted by molar-refractivity contribution is -0.159. The lowest BCUT2D eigenvalue weighted by Crippen LogP contribution is -2.43. The average molecular weight is 424 g/mol. The van der Waals surface area contributed by atoms with Gasteiger partial charge in [-0.15, -0.1) is 0 Å². The monoisotopic (exact) mass is 423 g/mol. The Hall–Kier alpha value is -2.34. The van der Waals surface area contributed by atoms with Crippen molar-refractivity contribution < 1.29 is 34.1 Å². The number of aryl methyl sites for hydroxylation is 1. The Labute approximate surface area is 177 Å². The molecule has 1 aromatic rings. The summed E-state index contributed by atoms with van der Waals surface area (Å²) in [5.74, 6) is 4.07. The predicted molar refractivity (Wildman–Crippen MR) is 111 cm³/mol. The summed E-state index contributed by atoms with van der Waals surface area (Å²) in [5.41, 5.74) is 5.57. The number of hydrogen-bond acceptors (Lipinski definition) is 6. The van der Waals surface area contributed by atoms with Gasteiger partial charge >= 0.3 is 11.9 Å². The Kier molecular flexibility index (Phi) is 11.8. The largest absolute Gasteiger partial charge is 0.473 e. The molecule has 1 heterocycles. The van der Waals surface area contributed by atoms with E-state index in [2.05, 4.69) is 11.8 Å². The summed E-state index contributed by atoms with van der Waals surface area (Å²) >= 11 is 0. The number of nitrogens with two attached hydrogens (primary N) is 1. The second-order valence-corrected chi connectivity index (χ2v) is 7.43. The molecule has 1 aliphatic carbocycles. The van der Waals surface area contributed by atoms with E-state index in [0.29, 0.717) is 24.9 Å². The number of aliphatic carboxylic acids is 2.